The Morgan fingerprint density at radius 1 is 1.05 bits per heavy atom. The summed E-state index contributed by atoms with van der Waals surface area (Å²) in [6, 6.07) is 17.3. The second-order valence-corrected chi connectivity index (χ2v) is 12.1. The van der Waals surface area contributed by atoms with Crippen molar-refractivity contribution in [1.29, 1.82) is 0 Å². The molecular formula is C32H41N5O5S. The molecule has 10 nitrogen and oxygen atoms in total. The number of aliphatic hydroxyl groups is 1. The molecule has 2 heterocycles. The Hall–Kier alpha value is -3.96. The molecule has 1 aliphatic rings. The molecule has 0 saturated carbocycles. The summed E-state index contributed by atoms with van der Waals surface area (Å²) in [6.45, 7) is 5.02. The summed E-state index contributed by atoms with van der Waals surface area (Å²) in [5.41, 5.74) is 3.60. The third-order valence-electron chi connectivity index (χ3n) is 7.44. The molecule has 43 heavy (non-hydrogen) atoms. The van der Waals surface area contributed by atoms with Crippen molar-refractivity contribution in [3.63, 3.8) is 0 Å². The molecule has 3 unspecified atom stereocenters. The van der Waals surface area contributed by atoms with E-state index in [0.29, 0.717) is 25.9 Å². The number of rotatable bonds is 14. The molecule has 0 spiro atoms. The summed E-state index contributed by atoms with van der Waals surface area (Å²) in [7, 11) is 0. The van der Waals surface area contributed by atoms with E-state index in [-0.39, 0.29) is 30.9 Å². The predicted molar refractivity (Wildman–Crippen MR) is 165 cm³/mol. The van der Waals surface area contributed by atoms with Crippen molar-refractivity contribution in [2.45, 2.75) is 70.4 Å². The monoisotopic (exact) mass is 607 g/mol. The molecule has 0 aliphatic carbocycles. The third-order valence-corrected chi connectivity index (χ3v) is 8.19. The van der Waals surface area contributed by atoms with E-state index in [2.05, 4.69) is 20.9 Å². The van der Waals surface area contributed by atoms with Gasteiger partial charge in [-0.15, -0.1) is 11.3 Å². The van der Waals surface area contributed by atoms with Crippen LogP contribution >= 0.6 is 11.3 Å². The van der Waals surface area contributed by atoms with Crippen LogP contribution in [0.3, 0.4) is 0 Å². The lowest BCUT2D eigenvalue weighted by molar-refractivity contribution is -0.128. The van der Waals surface area contributed by atoms with Crippen molar-refractivity contribution in [3.8, 4) is 0 Å². The minimum atomic E-state index is -1.01. The molecule has 4 N–H and O–H groups in total. The fourth-order valence-corrected chi connectivity index (χ4v) is 5.85. The lowest BCUT2D eigenvalue weighted by Gasteiger charge is -2.37. The van der Waals surface area contributed by atoms with Gasteiger partial charge < -0.3 is 30.7 Å². The molecule has 2 aromatic carbocycles. The molecule has 1 aromatic heterocycles. The zero-order chi connectivity index (χ0) is 30.6. The molecule has 1 aliphatic heterocycles. The number of thiazole rings is 1. The van der Waals surface area contributed by atoms with E-state index < -0.39 is 30.3 Å². The van der Waals surface area contributed by atoms with Gasteiger partial charge >= 0.3 is 12.1 Å². The topological polar surface area (TPSA) is 133 Å². The number of urea groups is 1. The first-order valence-corrected chi connectivity index (χ1v) is 15.6. The Morgan fingerprint density at radius 3 is 2.33 bits per heavy atom. The summed E-state index contributed by atoms with van der Waals surface area (Å²) < 4.78 is 5.40. The van der Waals surface area contributed by atoms with Crippen molar-refractivity contribution >= 4 is 29.4 Å². The minimum Gasteiger partial charge on any atom is -0.444 e. The fourth-order valence-electron chi connectivity index (χ4n) is 5.35. The summed E-state index contributed by atoms with van der Waals surface area (Å²) in [5, 5.41) is 20.4. The molecule has 0 radical (unpaired) electrons. The van der Waals surface area contributed by atoms with Crippen LogP contribution in [-0.2, 0) is 29.0 Å². The maximum absolute atomic E-state index is 13.7. The normalized spacial score (nSPS) is 16.1. The maximum atomic E-state index is 13.7. The van der Waals surface area contributed by atoms with Gasteiger partial charge in [-0.05, 0) is 42.7 Å². The number of alkyl carbamates (subject to hydrolysis) is 1. The van der Waals surface area contributed by atoms with Crippen LogP contribution < -0.4 is 16.0 Å². The molecule has 230 valence electrons. The summed E-state index contributed by atoms with van der Waals surface area (Å²) in [4.78, 5) is 45.6. The van der Waals surface area contributed by atoms with Crippen LogP contribution in [0.5, 0.6) is 0 Å². The highest BCUT2D eigenvalue weighted by Crippen LogP contribution is 2.18. The number of aromatic nitrogens is 1. The first-order chi connectivity index (χ1) is 20.8. The number of amides is 4. The standard InChI is InChI=1S/C32H41N5O5S/c1-22(2)29(37-15-9-14-34-31(37)40)30(39)35-25(16-23-10-5-3-6-11-23)18-28(38)27(17-24-12-7-4-8-13-24)36-32(41)42-20-26-19-33-21-43-26/h3-8,10-13,19,21-22,25,27-29,38H,9,14-18,20H2,1-2H3,(H,34,40)(H,35,39)(H,36,41)/t25?,27?,28?,29-/m0/s1. The second kappa shape index (κ2) is 16.0. The first kappa shape index (κ1) is 32.0. The number of nitrogens with zero attached hydrogens (tertiary/aromatic N) is 2. The second-order valence-electron chi connectivity index (χ2n) is 11.2. The quantitative estimate of drug-likeness (QED) is 0.220. The van der Waals surface area contributed by atoms with Gasteiger partial charge in [0.1, 0.15) is 12.6 Å². The molecule has 4 rings (SSSR count). The first-order valence-electron chi connectivity index (χ1n) is 14.7. The number of nitrogens with one attached hydrogen (secondary N) is 3. The van der Waals surface area contributed by atoms with Crippen molar-refractivity contribution < 1.29 is 24.2 Å². The van der Waals surface area contributed by atoms with Crippen LogP contribution in [0.15, 0.2) is 72.4 Å². The molecule has 1 fully saturated rings. The predicted octanol–water partition coefficient (Wildman–Crippen LogP) is 3.90. The number of hydrogen-bond donors (Lipinski definition) is 4. The number of carbonyl (C=O) groups excluding carboxylic acids is 3. The van der Waals surface area contributed by atoms with Gasteiger partial charge in [0.05, 0.1) is 22.5 Å². The molecule has 3 aromatic rings. The van der Waals surface area contributed by atoms with Gasteiger partial charge in [0.2, 0.25) is 5.91 Å². The molecular weight excluding hydrogens is 566 g/mol. The van der Waals surface area contributed by atoms with E-state index in [4.69, 9.17) is 4.74 Å². The largest absolute Gasteiger partial charge is 0.444 e. The Morgan fingerprint density at radius 2 is 1.72 bits per heavy atom. The Balaban J connectivity index is 1.51. The minimum absolute atomic E-state index is 0.0814. The van der Waals surface area contributed by atoms with Gasteiger partial charge in [0.25, 0.3) is 0 Å². The van der Waals surface area contributed by atoms with Crippen LogP contribution in [0.25, 0.3) is 0 Å². The zero-order valence-corrected chi connectivity index (χ0v) is 25.5. The number of benzene rings is 2. The SMILES string of the molecule is CC(C)[C@@H](C(=O)NC(Cc1ccccc1)CC(O)C(Cc1ccccc1)NC(=O)OCc1cncs1)N1CCCNC1=O. The Bertz CT molecular complexity index is 1290. The van der Waals surface area contributed by atoms with E-state index in [0.717, 1.165) is 22.4 Å². The van der Waals surface area contributed by atoms with Gasteiger partial charge in [-0.25, -0.2) is 9.59 Å². The average molecular weight is 608 g/mol. The van der Waals surface area contributed by atoms with Gasteiger partial charge in [0, 0.05) is 25.3 Å². The van der Waals surface area contributed by atoms with E-state index in [9.17, 15) is 19.5 Å². The number of ether oxygens (including phenoxy) is 1. The zero-order valence-electron chi connectivity index (χ0n) is 24.6. The summed E-state index contributed by atoms with van der Waals surface area (Å²) in [6.07, 6.45) is 1.75. The van der Waals surface area contributed by atoms with Crippen molar-refractivity contribution in [3.05, 3.63) is 88.4 Å². The number of aliphatic hydroxyl groups excluding tert-OH is 1. The van der Waals surface area contributed by atoms with Gasteiger partial charge in [-0.1, -0.05) is 74.5 Å². The number of hydrogen-bond acceptors (Lipinski definition) is 7. The Kier molecular flexibility index (Phi) is 11.9. The molecule has 11 heteroatoms. The summed E-state index contributed by atoms with van der Waals surface area (Å²) in [5.74, 6) is -0.385. The summed E-state index contributed by atoms with van der Waals surface area (Å²) >= 11 is 1.39. The van der Waals surface area contributed by atoms with Crippen LogP contribution in [0, 0.1) is 5.92 Å². The smallest absolute Gasteiger partial charge is 0.407 e. The highest BCUT2D eigenvalue weighted by Gasteiger charge is 2.35. The van der Waals surface area contributed by atoms with E-state index in [1.807, 2.05) is 74.5 Å². The lowest BCUT2D eigenvalue weighted by Crippen LogP contribution is -2.59. The van der Waals surface area contributed by atoms with Crippen LogP contribution in [-0.4, -0.2) is 70.3 Å². The van der Waals surface area contributed by atoms with Crippen LogP contribution in [0.2, 0.25) is 0 Å². The molecule has 1 saturated heterocycles. The van der Waals surface area contributed by atoms with Gasteiger partial charge in [-0.2, -0.15) is 0 Å². The van der Waals surface area contributed by atoms with Crippen molar-refractivity contribution in [2.75, 3.05) is 13.1 Å². The molecule has 0 bridgehead atoms. The average Bonchev–Trinajstić information content (AvgIpc) is 3.52. The van der Waals surface area contributed by atoms with Gasteiger partial charge in [0.15, 0.2) is 0 Å². The van der Waals surface area contributed by atoms with Crippen LogP contribution in [0.1, 0.15) is 42.7 Å². The van der Waals surface area contributed by atoms with E-state index in [1.54, 1.807) is 16.6 Å². The van der Waals surface area contributed by atoms with E-state index in [1.165, 1.54) is 11.3 Å². The third kappa shape index (κ3) is 9.79. The van der Waals surface area contributed by atoms with Gasteiger partial charge in [-0.3, -0.25) is 9.78 Å². The highest BCUT2D eigenvalue weighted by molar-refractivity contribution is 7.09. The van der Waals surface area contributed by atoms with Crippen molar-refractivity contribution in [2.24, 2.45) is 5.92 Å². The Labute approximate surface area is 256 Å². The van der Waals surface area contributed by atoms with Crippen molar-refractivity contribution in [1.82, 2.24) is 25.8 Å². The van der Waals surface area contributed by atoms with Crippen LogP contribution in [0.4, 0.5) is 9.59 Å². The lowest BCUT2D eigenvalue weighted by atomic mass is 9.93. The number of carbonyl (C=O) groups is 3. The molecule has 4 amide bonds. The maximum Gasteiger partial charge on any atom is 0.407 e. The fraction of sp³-hybridized carbons (Fsp3) is 0.438. The highest BCUT2D eigenvalue weighted by atomic mass is 32.1. The van der Waals surface area contributed by atoms with E-state index >= 15 is 0 Å². The molecule has 4 atom stereocenters.